The molecule has 0 saturated carbocycles. The van der Waals surface area contributed by atoms with Crippen molar-refractivity contribution in [2.75, 3.05) is 27.8 Å². The molecule has 2 N–H and O–H groups in total. The molecule has 0 fully saturated rings. The third-order valence-electron chi connectivity index (χ3n) is 3.99. The Morgan fingerprint density at radius 2 is 1.54 bits per heavy atom. The van der Waals surface area contributed by atoms with Crippen LogP contribution in [0.25, 0.3) is 0 Å². The van der Waals surface area contributed by atoms with Crippen LogP contribution >= 0.6 is 12.4 Å². The molecule has 0 atom stereocenters. The van der Waals surface area contributed by atoms with Crippen LogP contribution in [0.3, 0.4) is 0 Å². The Labute approximate surface area is 161 Å². The smallest absolute Gasteiger partial charge is 0.220 e. The van der Waals surface area contributed by atoms with E-state index in [2.05, 4.69) is 10.6 Å². The Morgan fingerprint density at radius 1 is 1.00 bits per heavy atom. The van der Waals surface area contributed by atoms with Crippen LogP contribution in [0.15, 0.2) is 48.5 Å². The van der Waals surface area contributed by atoms with E-state index >= 15 is 0 Å². The van der Waals surface area contributed by atoms with Gasteiger partial charge in [0.2, 0.25) is 5.91 Å². The first-order valence-corrected chi connectivity index (χ1v) is 8.39. The van der Waals surface area contributed by atoms with Gasteiger partial charge in [-0.1, -0.05) is 24.3 Å². The first-order valence-electron chi connectivity index (χ1n) is 8.39. The van der Waals surface area contributed by atoms with Gasteiger partial charge in [-0.3, -0.25) is 4.79 Å². The molecule has 1 amide bonds. The van der Waals surface area contributed by atoms with Gasteiger partial charge in [-0.05, 0) is 55.4 Å². The summed E-state index contributed by atoms with van der Waals surface area (Å²) in [7, 11) is 5.15. The summed E-state index contributed by atoms with van der Waals surface area (Å²) in [6, 6.07) is 15.2. The first-order chi connectivity index (χ1) is 12.2. The van der Waals surface area contributed by atoms with Gasteiger partial charge in [-0.2, -0.15) is 0 Å². The molecule has 6 heteroatoms. The SMILES string of the molecule is CNCCCC(=O)NC(c1cccc(OC)c1)c1cccc(OC)c1.Cl. The highest BCUT2D eigenvalue weighted by Gasteiger charge is 2.18. The summed E-state index contributed by atoms with van der Waals surface area (Å²) < 4.78 is 10.6. The van der Waals surface area contributed by atoms with E-state index in [1.165, 1.54) is 0 Å². The minimum absolute atomic E-state index is 0. The van der Waals surface area contributed by atoms with Crippen molar-refractivity contribution in [2.45, 2.75) is 18.9 Å². The average molecular weight is 379 g/mol. The molecule has 0 spiro atoms. The summed E-state index contributed by atoms with van der Waals surface area (Å²) in [6.45, 7) is 0.816. The van der Waals surface area contributed by atoms with Gasteiger partial charge in [-0.15, -0.1) is 12.4 Å². The Morgan fingerprint density at radius 3 is 2.00 bits per heavy atom. The molecule has 2 aromatic rings. The summed E-state index contributed by atoms with van der Waals surface area (Å²) in [4.78, 5) is 12.4. The maximum Gasteiger partial charge on any atom is 0.220 e. The Hall–Kier alpha value is -2.24. The highest BCUT2D eigenvalue weighted by atomic mass is 35.5. The van der Waals surface area contributed by atoms with Gasteiger partial charge in [0, 0.05) is 6.42 Å². The Bertz CT molecular complexity index is 647. The molecule has 5 nitrogen and oxygen atoms in total. The Balaban J connectivity index is 0.00000338. The summed E-state index contributed by atoms with van der Waals surface area (Å²) in [5.74, 6) is 1.54. The highest BCUT2D eigenvalue weighted by Crippen LogP contribution is 2.27. The number of carbonyl (C=O) groups is 1. The van der Waals surface area contributed by atoms with Crippen molar-refractivity contribution in [3.8, 4) is 11.5 Å². The molecule has 142 valence electrons. The van der Waals surface area contributed by atoms with Crippen LogP contribution in [-0.2, 0) is 4.79 Å². The average Bonchev–Trinajstić information content (AvgIpc) is 2.66. The quantitative estimate of drug-likeness (QED) is 0.657. The molecule has 2 aromatic carbocycles. The number of amides is 1. The predicted octanol–water partition coefficient (Wildman–Crippen LogP) is 3.33. The molecule has 2 rings (SSSR count). The lowest BCUT2D eigenvalue weighted by Crippen LogP contribution is -2.29. The van der Waals surface area contributed by atoms with E-state index in [1.807, 2.05) is 55.6 Å². The lowest BCUT2D eigenvalue weighted by atomic mass is 9.98. The van der Waals surface area contributed by atoms with E-state index in [4.69, 9.17) is 9.47 Å². The van der Waals surface area contributed by atoms with Crippen molar-refractivity contribution in [3.05, 3.63) is 59.7 Å². The van der Waals surface area contributed by atoms with Gasteiger partial charge in [0.25, 0.3) is 0 Å². The number of benzene rings is 2. The fourth-order valence-corrected chi connectivity index (χ4v) is 2.66. The maximum absolute atomic E-state index is 12.4. The van der Waals surface area contributed by atoms with E-state index < -0.39 is 0 Å². The maximum atomic E-state index is 12.4. The van der Waals surface area contributed by atoms with Crippen LogP contribution in [0, 0.1) is 0 Å². The Kier molecular flexibility index (Phi) is 9.55. The molecule has 0 heterocycles. The lowest BCUT2D eigenvalue weighted by molar-refractivity contribution is -0.121. The summed E-state index contributed by atoms with van der Waals surface area (Å²) in [5.41, 5.74) is 1.93. The van der Waals surface area contributed by atoms with E-state index in [9.17, 15) is 4.79 Å². The number of methoxy groups -OCH3 is 2. The number of hydrogen-bond donors (Lipinski definition) is 2. The van der Waals surface area contributed by atoms with Crippen molar-refractivity contribution in [1.29, 1.82) is 0 Å². The van der Waals surface area contributed by atoms with Gasteiger partial charge in [0.05, 0.1) is 20.3 Å². The number of rotatable bonds is 9. The molecule has 26 heavy (non-hydrogen) atoms. The molecule has 0 saturated heterocycles. The van der Waals surface area contributed by atoms with E-state index in [0.29, 0.717) is 6.42 Å². The standard InChI is InChI=1S/C20H26N2O3.ClH/c1-21-12-6-11-19(23)22-20(15-7-4-9-17(13-15)24-2)16-8-5-10-18(14-16)25-3;/h4-5,7-10,13-14,20-21H,6,11-12H2,1-3H3,(H,22,23);1H. The van der Waals surface area contributed by atoms with Gasteiger partial charge < -0.3 is 20.1 Å². The summed E-state index contributed by atoms with van der Waals surface area (Å²) >= 11 is 0. The molecular weight excluding hydrogens is 352 g/mol. The molecule has 0 aromatic heterocycles. The van der Waals surface area contributed by atoms with Gasteiger partial charge in [0.15, 0.2) is 0 Å². The molecule has 0 aliphatic carbocycles. The normalized spacial score (nSPS) is 10.2. The second kappa shape index (κ2) is 11.4. The van der Waals surface area contributed by atoms with Crippen molar-refractivity contribution in [3.63, 3.8) is 0 Å². The molecule has 0 bridgehead atoms. The van der Waals surface area contributed by atoms with Crippen LogP contribution in [0.5, 0.6) is 11.5 Å². The second-order valence-corrected chi connectivity index (χ2v) is 5.76. The third kappa shape index (κ3) is 6.24. The van der Waals surface area contributed by atoms with Crippen molar-refractivity contribution < 1.29 is 14.3 Å². The molecular formula is C20H27ClN2O3. The predicted molar refractivity (Wildman–Crippen MR) is 106 cm³/mol. The second-order valence-electron chi connectivity index (χ2n) is 5.76. The van der Waals surface area contributed by atoms with E-state index in [-0.39, 0.29) is 24.4 Å². The topological polar surface area (TPSA) is 59.6 Å². The molecule has 0 radical (unpaired) electrons. The zero-order valence-electron chi connectivity index (χ0n) is 15.5. The number of carbonyl (C=O) groups excluding carboxylic acids is 1. The molecule has 0 unspecified atom stereocenters. The molecule has 0 aliphatic rings. The summed E-state index contributed by atoms with van der Waals surface area (Å²) in [5, 5.41) is 6.19. The van der Waals surface area contributed by atoms with E-state index in [0.717, 1.165) is 35.6 Å². The number of hydrogen-bond acceptors (Lipinski definition) is 4. The van der Waals surface area contributed by atoms with Crippen molar-refractivity contribution in [1.82, 2.24) is 10.6 Å². The summed E-state index contributed by atoms with van der Waals surface area (Å²) in [6.07, 6.45) is 1.27. The van der Waals surface area contributed by atoms with Crippen LogP contribution in [0.2, 0.25) is 0 Å². The third-order valence-corrected chi connectivity index (χ3v) is 3.99. The van der Waals surface area contributed by atoms with Crippen molar-refractivity contribution >= 4 is 18.3 Å². The molecule has 0 aliphatic heterocycles. The van der Waals surface area contributed by atoms with E-state index in [1.54, 1.807) is 14.2 Å². The van der Waals surface area contributed by atoms with Crippen LogP contribution < -0.4 is 20.1 Å². The largest absolute Gasteiger partial charge is 0.497 e. The minimum atomic E-state index is -0.257. The van der Waals surface area contributed by atoms with Crippen molar-refractivity contribution in [2.24, 2.45) is 0 Å². The zero-order valence-corrected chi connectivity index (χ0v) is 16.3. The van der Waals surface area contributed by atoms with Crippen LogP contribution in [-0.4, -0.2) is 33.7 Å². The highest BCUT2D eigenvalue weighted by molar-refractivity contribution is 5.85. The minimum Gasteiger partial charge on any atom is -0.497 e. The number of nitrogens with one attached hydrogen (secondary N) is 2. The van der Waals surface area contributed by atoms with Gasteiger partial charge >= 0.3 is 0 Å². The van der Waals surface area contributed by atoms with Crippen LogP contribution in [0.4, 0.5) is 0 Å². The zero-order chi connectivity index (χ0) is 18.1. The fourth-order valence-electron chi connectivity index (χ4n) is 2.66. The van der Waals surface area contributed by atoms with Gasteiger partial charge in [-0.25, -0.2) is 0 Å². The number of ether oxygens (including phenoxy) is 2. The fraction of sp³-hybridized carbons (Fsp3) is 0.350. The lowest BCUT2D eigenvalue weighted by Gasteiger charge is -2.21. The first kappa shape index (κ1) is 21.8. The monoisotopic (exact) mass is 378 g/mol. The van der Waals surface area contributed by atoms with Gasteiger partial charge in [0.1, 0.15) is 11.5 Å². The number of halogens is 1. The van der Waals surface area contributed by atoms with Crippen LogP contribution in [0.1, 0.15) is 30.0 Å².